The van der Waals surface area contributed by atoms with Crippen molar-refractivity contribution in [3.05, 3.63) is 30.1 Å². The average Bonchev–Trinajstić information content (AvgIpc) is 2.79. The molecule has 1 atom stereocenters. The third-order valence-corrected chi connectivity index (χ3v) is 2.87. The summed E-state index contributed by atoms with van der Waals surface area (Å²) in [7, 11) is 0. The van der Waals surface area contributed by atoms with Gasteiger partial charge in [0.25, 0.3) is 0 Å². The smallest absolute Gasteiger partial charge is 0.337 e. The highest BCUT2D eigenvalue weighted by molar-refractivity contribution is 6.00. The van der Waals surface area contributed by atoms with Gasteiger partial charge in [-0.3, -0.25) is 0 Å². The van der Waals surface area contributed by atoms with E-state index in [0.29, 0.717) is 18.7 Å². The van der Waals surface area contributed by atoms with Gasteiger partial charge >= 0.3 is 5.97 Å². The van der Waals surface area contributed by atoms with Gasteiger partial charge in [-0.2, -0.15) is 0 Å². The number of carboxylic acids is 1. The molecule has 2 aromatic rings. The summed E-state index contributed by atoms with van der Waals surface area (Å²) in [6.07, 6.45) is 1.67. The molecule has 0 amide bonds. The minimum atomic E-state index is -0.955. The second-order valence-corrected chi connectivity index (χ2v) is 4.14. The second kappa shape index (κ2) is 5.18. The predicted octanol–water partition coefficient (Wildman–Crippen LogP) is 2.33. The molecule has 0 aliphatic carbocycles. The summed E-state index contributed by atoms with van der Waals surface area (Å²) in [6, 6.07) is 5.29. The van der Waals surface area contributed by atoms with Gasteiger partial charge in [0.2, 0.25) is 0 Å². The number of nitrogens with zero attached hydrogens (tertiary/aromatic N) is 2. The maximum Gasteiger partial charge on any atom is 0.337 e. The number of imidazole rings is 1. The van der Waals surface area contributed by atoms with Crippen LogP contribution in [0.4, 0.5) is 0 Å². The van der Waals surface area contributed by atoms with Crippen LogP contribution in [0.1, 0.15) is 30.2 Å². The second-order valence-electron chi connectivity index (χ2n) is 4.14. The Hall–Kier alpha value is -1.88. The quantitative estimate of drug-likeness (QED) is 0.882. The molecule has 0 saturated carbocycles. The van der Waals surface area contributed by atoms with Crippen molar-refractivity contribution < 1.29 is 14.6 Å². The van der Waals surface area contributed by atoms with E-state index in [1.54, 1.807) is 18.5 Å². The molecule has 0 saturated heterocycles. The number of hydrogen-bond acceptors (Lipinski definition) is 3. The summed E-state index contributed by atoms with van der Waals surface area (Å²) >= 11 is 0. The number of aromatic carboxylic acids is 1. The molecule has 0 spiro atoms. The monoisotopic (exact) mass is 248 g/mol. The van der Waals surface area contributed by atoms with Gasteiger partial charge in [0.05, 0.1) is 30.1 Å². The van der Waals surface area contributed by atoms with Crippen LogP contribution in [-0.2, 0) is 4.74 Å². The lowest BCUT2D eigenvalue weighted by molar-refractivity contribution is 0.0699. The first-order valence-electron chi connectivity index (χ1n) is 5.91. The minimum Gasteiger partial charge on any atom is -0.478 e. The zero-order valence-electron chi connectivity index (χ0n) is 10.5. The van der Waals surface area contributed by atoms with Gasteiger partial charge in [-0.15, -0.1) is 0 Å². The van der Waals surface area contributed by atoms with Crippen molar-refractivity contribution in [2.45, 2.75) is 19.9 Å². The van der Waals surface area contributed by atoms with Crippen LogP contribution >= 0.6 is 0 Å². The Kier molecular flexibility index (Phi) is 3.62. The largest absolute Gasteiger partial charge is 0.478 e. The molecule has 5 nitrogen and oxygen atoms in total. The molecule has 0 bridgehead atoms. The maximum atomic E-state index is 11.1. The van der Waals surface area contributed by atoms with Crippen LogP contribution in [0.2, 0.25) is 0 Å². The molecule has 0 aliphatic heterocycles. The van der Waals surface area contributed by atoms with Crippen LogP contribution < -0.4 is 0 Å². The Balaban J connectivity index is 2.42. The Morgan fingerprint density at radius 2 is 2.33 bits per heavy atom. The van der Waals surface area contributed by atoms with E-state index in [1.165, 1.54) is 0 Å². The third kappa shape index (κ3) is 2.22. The van der Waals surface area contributed by atoms with Crippen LogP contribution in [0.5, 0.6) is 0 Å². The first-order chi connectivity index (χ1) is 8.65. The highest BCUT2D eigenvalue weighted by atomic mass is 16.5. The van der Waals surface area contributed by atoms with Gasteiger partial charge < -0.3 is 14.4 Å². The van der Waals surface area contributed by atoms with Crippen LogP contribution in [0.3, 0.4) is 0 Å². The molecule has 0 fully saturated rings. The van der Waals surface area contributed by atoms with Crippen molar-refractivity contribution in [1.29, 1.82) is 0 Å². The Bertz CT molecular complexity index is 562. The van der Waals surface area contributed by atoms with Crippen molar-refractivity contribution in [3.8, 4) is 0 Å². The first kappa shape index (κ1) is 12.6. The fourth-order valence-corrected chi connectivity index (χ4v) is 1.95. The number of fused-ring (bicyclic) bond motifs is 1. The number of para-hydroxylation sites is 1. The molecule has 1 aromatic heterocycles. The topological polar surface area (TPSA) is 64.4 Å². The van der Waals surface area contributed by atoms with E-state index in [2.05, 4.69) is 4.98 Å². The average molecular weight is 248 g/mol. The van der Waals surface area contributed by atoms with Crippen molar-refractivity contribution in [3.63, 3.8) is 0 Å². The molecule has 1 aromatic carbocycles. The van der Waals surface area contributed by atoms with Crippen molar-refractivity contribution in [2.75, 3.05) is 13.2 Å². The number of ether oxygens (including phenoxy) is 1. The Labute approximate surface area is 105 Å². The van der Waals surface area contributed by atoms with Crippen LogP contribution in [0.25, 0.3) is 11.0 Å². The number of hydrogen-bond donors (Lipinski definition) is 1. The van der Waals surface area contributed by atoms with Crippen LogP contribution in [0.15, 0.2) is 24.5 Å². The summed E-state index contributed by atoms with van der Waals surface area (Å²) in [5, 5.41) is 9.10. The minimum absolute atomic E-state index is 0.124. The van der Waals surface area contributed by atoms with Gasteiger partial charge in [0, 0.05) is 6.61 Å². The molecule has 18 heavy (non-hydrogen) atoms. The molecule has 1 unspecified atom stereocenters. The molecule has 1 N–H and O–H groups in total. The van der Waals surface area contributed by atoms with E-state index in [-0.39, 0.29) is 11.6 Å². The Morgan fingerprint density at radius 3 is 3.00 bits per heavy atom. The number of carboxylic acid groups (broad SMARTS) is 1. The number of rotatable bonds is 5. The SMILES string of the molecule is CCOCC(C)n1cnc2c(C(=O)O)cccc21. The fraction of sp³-hybridized carbons (Fsp3) is 0.385. The normalized spacial score (nSPS) is 12.8. The van der Waals surface area contributed by atoms with Crippen LogP contribution in [0, 0.1) is 0 Å². The van der Waals surface area contributed by atoms with Gasteiger partial charge in [-0.05, 0) is 26.0 Å². The highest BCUT2D eigenvalue weighted by Gasteiger charge is 2.14. The fourth-order valence-electron chi connectivity index (χ4n) is 1.95. The summed E-state index contributed by atoms with van der Waals surface area (Å²) in [5.41, 5.74) is 1.57. The van der Waals surface area contributed by atoms with E-state index in [9.17, 15) is 4.79 Å². The first-order valence-corrected chi connectivity index (χ1v) is 5.91. The van der Waals surface area contributed by atoms with Crippen molar-refractivity contribution >= 4 is 17.0 Å². The summed E-state index contributed by atoms with van der Waals surface area (Å²) in [4.78, 5) is 15.3. The van der Waals surface area contributed by atoms with Crippen LogP contribution in [-0.4, -0.2) is 33.8 Å². The van der Waals surface area contributed by atoms with E-state index < -0.39 is 5.97 Å². The van der Waals surface area contributed by atoms with E-state index >= 15 is 0 Å². The maximum absolute atomic E-state index is 11.1. The number of aromatic nitrogens is 2. The van der Waals surface area contributed by atoms with E-state index in [4.69, 9.17) is 9.84 Å². The molecule has 2 rings (SSSR count). The number of benzene rings is 1. The molecule has 0 aliphatic rings. The molecule has 0 radical (unpaired) electrons. The zero-order valence-corrected chi connectivity index (χ0v) is 10.5. The van der Waals surface area contributed by atoms with E-state index in [1.807, 2.05) is 24.5 Å². The zero-order chi connectivity index (χ0) is 13.1. The molecule has 5 heteroatoms. The highest BCUT2D eigenvalue weighted by Crippen LogP contribution is 2.21. The Morgan fingerprint density at radius 1 is 1.56 bits per heavy atom. The lowest BCUT2D eigenvalue weighted by atomic mass is 10.2. The van der Waals surface area contributed by atoms with Gasteiger partial charge in [0.15, 0.2) is 0 Å². The van der Waals surface area contributed by atoms with Crippen molar-refractivity contribution in [2.24, 2.45) is 0 Å². The molecular weight excluding hydrogens is 232 g/mol. The van der Waals surface area contributed by atoms with Gasteiger partial charge in [-0.25, -0.2) is 9.78 Å². The van der Waals surface area contributed by atoms with Crippen molar-refractivity contribution in [1.82, 2.24) is 9.55 Å². The molecular formula is C13H16N2O3. The summed E-state index contributed by atoms with van der Waals surface area (Å²) < 4.78 is 7.32. The van der Waals surface area contributed by atoms with Gasteiger partial charge in [-0.1, -0.05) is 6.07 Å². The molecule has 1 heterocycles. The lowest BCUT2D eigenvalue weighted by Gasteiger charge is -2.14. The summed E-state index contributed by atoms with van der Waals surface area (Å²) in [6.45, 7) is 5.21. The lowest BCUT2D eigenvalue weighted by Crippen LogP contribution is -2.11. The predicted molar refractivity (Wildman–Crippen MR) is 67.9 cm³/mol. The third-order valence-electron chi connectivity index (χ3n) is 2.87. The molecule has 96 valence electrons. The van der Waals surface area contributed by atoms with E-state index in [0.717, 1.165) is 5.52 Å². The standard InChI is InChI=1S/C13H16N2O3/c1-3-18-7-9(2)15-8-14-12-10(13(16)17)5-4-6-11(12)15/h4-6,8-9H,3,7H2,1-2H3,(H,16,17). The van der Waals surface area contributed by atoms with Gasteiger partial charge in [0.1, 0.15) is 5.52 Å². The number of carbonyl (C=O) groups is 1. The summed E-state index contributed by atoms with van der Waals surface area (Å²) in [5.74, 6) is -0.955.